The number of thiol groups is 1. The first-order valence-electron chi connectivity index (χ1n) is 3.91. The maximum Gasteiger partial charge on any atom is 0.0900 e. The van der Waals surface area contributed by atoms with Crippen LogP contribution in [0.5, 0.6) is 0 Å². The second kappa shape index (κ2) is 2.79. The van der Waals surface area contributed by atoms with E-state index in [1.54, 1.807) is 0 Å². The summed E-state index contributed by atoms with van der Waals surface area (Å²) in [5.74, 6) is 0. The summed E-state index contributed by atoms with van der Waals surface area (Å²) in [6, 6.07) is 0. The molecule has 1 aliphatic rings. The van der Waals surface area contributed by atoms with Gasteiger partial charge in [0.2, 0.25) is 0 Å². The summed E-state index contributed by atoms with van der Waals surface area (Å²) in [5.41, 5.74) is 1.25. The Hall–Kier alpha value is -0.0200. The van der Waals surface area contributed by atoms with E-state index in [1.165, 1.54) is 34.8 Å². The maximum absolute atomic E-state index is 4.50. The summed E-state index contributed by atoms with van der Waals surface area (Å²) in [7, 11) is 0. The van der Waals surface area contributed by atoms with Gasteiger partial charge >= 0.3 is 0 Å². The molecule has 0 bridgehead atoms. The minimum Gasteiger partial charge on any atom is -0.245 e. The SMILES string of the molecule is Cc1nc2c(s1)CCCC2S. The lowest BCUT2D eigenvalue weighted by Gasteiger charge is -2.15. The van der Waals surface area contributed by atoms with Crippen molar-refractivity contribution >= 4 is 24.0 Å². The van der Waals surface area contributed by atoms with Crippen LogP contribution >= 0.6 is 24.0 Å². The third kappa shape index (κ3) is 1.32. The number of aromatic nitrogens is 1. The molecule has 0 fully saturated rings. The van der Waals surface area contributed by atoms with Gasteiger partial charge < -0.3 is 0 Å². The zero-order valence-electron chi connectivity index (χ0n) is 6.50. The zero-order valence-corrected chi connectivity index (χ0v) is 8.21. The van der Waals surface area contributed by atoms with Crippen molar-refractivity contribution in [2.45, 2.75) is 31.4 Å². The lowest BCUT2D eigenvalue weighted by Crippen LogP contribution is -2.02. The topological polar surface area (TPSA) is 12.9 Å². The van der Waals surface area contributed by atoms with E-state index >= 15 is 0 Å². The fraction of sp³-hybridized carbons (Fsp3) is 0.625. The second-order valence-electron chi connectivity index (χ2n) is 2.95. The number of hydrogen-bond acceptors (Lipinski definition) is 3. The molecule has 1 aromatic heterocycles. The van der Waals surface area contributed by atoms with Gasteiger partial charge in [-0.05, 0) is 26.2 Å². The van der Waals surface area contributed by atoms with E-state index in [2.05, 4.69) is 24.5 Å². The van der Waals surface area contributed by atoms with E-state index in [4.69, 9.17) is 0 Å². The van der Waals surface area contributed by atoms with Gasteiger partial charge in [-0.3, -0.25) is 0 Å². The van der Waals surface area contributed by atoms with E-state index in [0.29, 0.717) is 5.25 Å². The van der Waals surface area contributed by atoms with E-state index in [-0.39, 0.29) is 0 Å². The number of nitrogens with zero attached hydrogens (tertiary/aromatic N) is 1. The molecule has 1 unspecified atom stereocenters. The molecule has 1 heterocycles. The molecule has 0 aromatic carbocycles. The lowest BCUT2D eigenvalue weighted by molar-refractivity contribution is 0.672. The minimum atomic E-state index is 0.406. The molecule has 0 N–H and O–H groups in total. The average molecular weight is 185 g/mol. The Bertz CT molecular complexity index is 267. The second-order valence-corrected chi connectivity index (χ2v) is 4.86. The van der Waals surface area contributed by atoms with Crippen molar-refractivity contribution in [3.8, 4) is 0 Å². The summed E-state index contributed by atoms with van der Waals surface area (Å²) >= 11 is 6.33. The van der Waals surface area contributed by atoms with Gasteiger partial charge in [-0.2, -0.15) is 12.6 Å². The Morgan fingerprint density at radius 2 is 2.45 bits per heavy atom. The molecular weight excluding hydrogens is 174 g/mol. The molecule has 0 saturated carbocycles. The highest BCUT2D eigenvalue weighted by Crippen LogP contribution is 2.36. The van der Waals surface area contributed by atoms with Gasteiger partial charge in [0.05, 0.1) is 10.7 Å². The van der Waals surface area contributed by atoms with Crippen LogP contribution in [0, 0.1) is 6.92 Å². The Kier molecular flexibility index (Phi) is 1.93. The molecule has 0 radical (unpaired) electrons. The van der Waals surface area contributed by atoms with E-state index in [9.17, 15) is 0 Å². The van der Waals surface area contributed by atoms with Crippen molar-refractivity contribution in [3.05, 3.63) is 15.6 Å². The van der Waals surface area contributed by atoms with Crippen molar-refractivity contribution in [1.29, 1.82) is 0 Å². The van der Waals surface area contributed by atoms with Crippen LogP contribution in [-0.4, -0.2) is 4.98 Å². The number of fused-ring (bicyclic) bond motifs is 1. The standard InChI is InChI=1S/C8H11NS2/c1-5-9-8-6(10)3-2-4-7(8)11-5/h6,10H,2-4H2,1H3. The fourth-order valence-corrected chi connectivity index (χ4v) is 3.04. The molecule has 2 rings (SSSR count). The largest absolute Gasteiger partial charge is 0.245 e. The highest BCUT2D eigenvalue weighted by Gasteiger charge is 2.20. The van der Waals surface area contributed by atoms with Crippen LogP contribution in [0.4, 0.5) is 0 Å². The van der Waals surface area contributed by atoms with Crippen LogP contribution in [-0.2, 0) is 6.42 Å². The molecule has 1 atom stereocenters. The molecule has 1 aromatic rings. The highest BCUT2D eigenvalue weighted by atomic mass is 32.1. The summed E-state index contributed by atoms with van der Waals surface area (Å²) < 4.78 is 0. The van der Waals surface area contributed by atoms with Crippen molar-refractivity contribution in [2.75, 3.05) is 0 Å². The lowest BCUT2D eigenvalue weighted by atomic mass is 10.0. The summed E-state index contributed by atoms with van der Waals surface area (Å²) in [4.78, 5) is 5.94. The Balaban J connectivity index is 2.43. The molecule has 1 nitrogen and oxygen atoms in total. The summed E-state index contributed by atoms with van der Waals surface area (Å²) in [5, 5.41) is 1.60. The number of thiazole rings is 1. The Morgan fingerprint density at radius 1 is 1.64 bits per heavy atom. The van der Waals surface area contributed by atoms with Crippen LogP contribution in [0.3, 0.4) is 0 Å². The van der Waals surface area contributed by atoms with Crippen molar-refractivity contribution < 1.29 is 0 Å². The van der Waals surface area contributed by atoms with E-state index in [0.717, 1.165) is 0 Å². The molecule has 60 valence electrons. The molecule has 3 heteroatoms. The minimum absolute atomic E-state index is 0.406. The number of aryl methyl sites for hydroxylation is 2. The first-order valence-corrected chi connectivity index (χ1v) is 5.25. The van der Waals surface area contributed by atoms with Gasteiger partial charge in [-0.15, -0.1) is 11.3 Å². The van der Waals surface area contributed by atoms with Gasteiger partial charge in [0, 0.05) is 10.1 Å². The van der Waals surface area contributed by atoms with Crippen LogP contribution < -0.4 is 0 Å². The molecule has 11 heavy (non-hydrogen) atoms. The first kappa shape index (κ1) is 7.62. The summed E-state index contributed by atoms with van der Waals surface area (Å²) in [6.07, 6.45) is 3.69. The van der Waals surface area contributed by atoms with E-state index < -0.39 is 0 Å². The number of rotatable bonds is 0. The highest BCUT2D eigenvalue weighted by molar-refractivity contribution is 7.80. The molecule has 1 aliphatic carbocycles. The molecule has 0 aliphatic heterocycles. The molecule has 0 saturated heterocycles. The third-order valence-corrected chi connectivity index (χ3v) is 3.58. The quantitative estimate of drug-likeness (QED) is 0.613. The van der Waals surface area contributed by atoms with Gasteiger partial charge in [0.1, 0.15) is 0 Å². The Labute approximate surface area is 76.3 Å². The smallest absolute Gasteiger partial charge is 0.0900 e. The molecule has 0 amide bonds. The van der Waals surface area contributed by atoms with E-state index in [1.807, 2.05) is 11.3 Å². The maximum atomic E-state index is 4.50. The predicted octanol–water partition coefficient (Wildman–Crippen LogP) is 2.76. The fourth-order valence-electron chi connectivity index (χ4n) is 1.52. The van der Waals surface area contributed by atoms with Crippen LogP contribution in [0.1, 0.15) is 33.7 Å². The van der Waals surface area contributed by atoms with Crippen molar-refractivity contribution in [3.63, 3.8) is 0 Å². The van der Waals surface area contributed by atoms with Crippen molar-refractivity contribution in [1.82, 2.24) is 4.98 Å². The predicted molar refractivity (Wildman–Crippen MR) is 51.5 cm³/mol. The van der Waals surface area contributed by atoms with Gasteiger partial charge in [0.25, 0.3) is 0 Å². The first-order chi connectivity index (χ1) is 5.27. The van der Waals surface area contributed by atoms with Crippen LogP contribution in [0.2, 0.25) is 0 Å². The zero-order chi connectivity index (χ0) is 7.84. The van der Waals surface area contributed by atoms with Crippen LogP contribution in [0.15, 0.2) is 0 Å². The van der Waals surface area contributed by atoms with Crippen LogP contribution in [0.25, 0.3) is 0 Å². The van der Waals surface area contributed by atoms with Gasteiger partial charge in [-0.25, -0.2) is 4.98 Å². The third-order valence-electron chi connectivity index (χ3n) is 2.03. The van der Waals surface area contributed by atoms with Gasteiger partial charge in [-0.1, -0.05) is 0 Å². The monoisotopic (exact) mass is 185 g/mol. The average Bonchev–Trinajstić information content (AvgIpc) is 2.31. The Morgan fingerprint density at radius 3 is 3.18 bits per heavy atom. The van der Waals surface area contributed by atoms with Crippen molar-refractivity contribution in [2.24, 2.45) is 0 Å². The van der Waals surface area contributed by atoms with Gasteiger partial charge in [0.15, 0.2) is 0 Å². The summed E-state index contributed by atoms with van der Waals surface area (Å²) in [6.45, 7) is 2.07. The number of hydrogen-bond donors (Lipinski definition) is 1. The molecular formula is C8H11NS2. The normalized spacial score (nSPS) is 23.3. The molecule has 0 spiro atoms.